The van der Waals surface area contributed by atoms with Crippen LogP contribution in [0.1, 0.15) is 31.9 Å². The summed E-state index contributed by atoms with van der Waals surface area (Å²) in [5, 5.41) is 2.85. The van der Waals surface area contributed by atoms with Crippen molar-refractivity contribution in [1.82, 2.24) is 10.2 Å². The Morgan fingerprint density at radius 3 is 2.21 bits per heavy atom. The molecule has 0 saturated heterocycles. The lowest BCUT2D eigenvalue weighted by molar-refractivity contribution is -0.139. The molecule has 0 radical (unpaired) electrons. The van der Waals surface area contributed by atoms with Gasteiger partial charge in [0.25, 0.3) is 10.0 Å². The van der Waals surface area contributed by atoms with Crippen molar-refractivity contribution in [3.63, 3.8) is 0 Å². The van der Waals surface area contributed by atoms with Gasteiger partial charge in [0.2, 0.25) is 11.8 Å². The molecule has 3 aromatic carbocycles. The van der Waals surface area contributed by atoms with Crippen molar-refractivity contribution in [3.05, 3.63) is 88.4 Å². The maximum absolute atomic E-state index is 13.9. The van der Waals surface area contributed by atoms with Crippen LogP contribution in [-0.4, -0.2) is 50.9 Å². The number of sulfonamides is 1. The summed E-state index contributed by atoms with van der Waals surface area (Å²) in [6.07, 6.45) is 0. The molecule has 3 aromatic rings. The quantitative estimate of drug-likeness (QED) is 0.331. The first kappa shape index (κ1) is 30.2. The molecular formula is C29H34BrN3O5S. The van der Waals surface area contributed by atoms with Gasteiger partial charge in [-0.15, -0.1) is 0 Å². The highest BCUT2D eigenvalue weighted by molar-refractivity contribution is 9.10. The fraction of sp³-hybridized carbons (Fsp3) is 0.310. The van der Waals surface area contributed by atoms with Crippen molar-refractivity contribution in [2.45, 2.75) is 51.2 Å². The van der Waals surface area contributed by atoms with E-state index < -0.39 is 28.5 Å². The molecule has 0 heterocycles. The van der Waals surface area contributed by atoms with E-state index in [2.05, 4.69) is 21.2 Å². The summed E-state index contributed by atoms with van der Waals surface area (Å²) in [5.74, 6) is -0.409. The molecule has 0 spiro atoms. The number of halogens is 1. The van der Waals surface area contributed by atoms with Crippen LogP contribution in [0.4, 0.5) is 5.69 Å². The van der Waals surface area contributed by atoms with Gasteiger partial charge >= 0.3 is 0 Å². The molecule has 0 aliphatic rings. The number of nitrogens with zero attached hydrogens (tertiary/aromatic N) is 2. The van der Waals surface area contributed by atoms with Crippen LogP contribution in [0.5, 0.6) is 5.75 Å². The van der Waals surface area contributed by atoms with Crippen LogP contribution >= 0.6 is 15.9 Å². The van der Waals surface area contributed by atoms with E-state index in [1.807, 2.05) is 45.0 Å². The molecule has 1 unspecified atom stereocenters. The van der Waals surface area contributed by atoms with Gasteiger partial charge in [0.05, 0.1) is 17.7 Å². The van der Waals surface area contributed by atoms with Crippen molar-refractivity contribution in [2.75, 3.05) is 18.0 Å². The lowest BCUT2D eigenvalue weighted by Gasteiger charge is -2.32. The van der Waals surface area contributed by atoms with Gasteiger partial charge < -0.3 is 15.0 Å². The Hall–Kier alpha value is -3.37. The number of nitrogens with one attached hydrogen (secondary N) is 1. The summed E-state index contributed by atoms with van der Waals surface area (Å²) >= 11 is 3.41. The van der Waals surface area contributed by atoms with Gasteiger partial charge in [-0.25, -0.2) is 8.42 Å². The Morgan fingerprint density at radius 1 is 0.974 bits per heavy atom. The van der Waals surface area contributed by atoms with Gasteiger partial charge in [-0.3, -0.25) is 13.9 Å². The minimum absolute atomic E-state index is 0.0498. The molecule has 0 aromatic heterocycles. The summed E-state index contributed by atoms with van der Waals surface area (Å²) < 4.78 is 35.0. The van der Waals surface area contributed by atoms with Crippen LogP contribution in [0.15, 0.2) is 82.2 Å². The molecule has 2 amide bonds. The topological polar surface area (TPSA) is 96.0 Å². The number of hydrogen-bond donors (Lipinski definition) is 1. The third-order valence-electron chi connectivity index (χ3n) is 6.09. The Balaban J connectivity index is 2.04. The first-order valence-corrected chi connectivity index (χ1v) is 14.7. The van der Waals surface area contributed by atoms with E-state index in [9.17, 15) is 18.0 Å². The molecular weight excluding hydrogens is 582 g/mol. The van der Waals surface area contributed by atoms with E-state index >= 15 is 0 Å². The highest BCUT2D eigenvalue weighted by Gasteiger charge is 2.32. The van der Waals surface area contributed by atoms with Crippen LogP contribution in [0.2, 0.25) is 0 Å². The van der Waals surface area contributed by atoms with Crippen LogP contribution in [0, 0.1) is 6.92 Å². The number of benzene rings is 3. The summed E-state index contributed by atoms with van der Waals surface area (Å²) in [6, 6.07) is 19.4. The Morgan fingerprint density at radius 2 is 1.62 bits per heavy atom. The second-order valence-corrected chi connectivity index (χ2v) is 12.3. The lowest BCUT2D eigenvalue weighted by atomic mass is 10.1. The Labute approximate surface area is 239 Å². The number of carbonyl (C=O) groups excluding carboxylic acids is 2. The smallest absolute Gasteiger partial charge is 0.264 e. The minimum atomic E-state index is -4.14. The van der Waals surface area contributed by atoms with E-state index in [1.165, 1.54) is 24.1 Å². The molecule has 39 heavy (non-hydrogen) atoms. The molecule has 0 aliphatic carbocycles. The van der Waals surface area contributed by atoms with Crippen LogP contribution in [0.3, 0.4) is 0 Å². The van der Waals surface area contributed by atoms with E-state index in [4.69, 9.17) is 4.74 Å². The van der Waals surface area contributed by atoms with Gasteiger partial charge in [-0.2, -0.15) is 0 Å². The van der Waals surface area contributed by atoms with E-state index in [1.54, 1.807) is 43.3 Å². The third kappa shape index (κ3) is 7.83. The zero-order chi connectivity index (χ0) is 28.7. The van der Waals surface area contributed by atoms with Gasteiger partial charge in [0.1, 0.15) is 18.3 Å². The number of ether oxygens (including phenoxy) is 1. The zero-order valence-corrected chi connectivity index (χ0v) is 25.1. The molecule has 0 aliphatic heterocycles. The number of rotatable bonds is 11. The van der Waals surface area contributed by atoms with Crippen molar-refractivity contribution in [3.8, 4) is 5.75 Å². The number of aryl methyl sites for hydroxylation is 1. The lowest BCUT2D eigenvalue weighted by Crippen LogP contribution is -2.52. The van der Waals surface area contributed by atoms with Crippen LogP contribution in [-0.2, 0) is 26.2 Å². The summed E-state index contributed by atoms with van der Waals surface area (Å²) in [5.41, 5.74) is 1.97. The molecule has 0 fully saturated rings. The standard InChI is InChI=1S/C29H34BrN3O5S/c1-20(2)31-29(35)22(4)32(18-23-11-13-24(30)14-12-23)28(34)19-33(25-7-6-8-26(17-25)38-5)39(36,37)27-15-9-21(3)10-16-27/h6-17,20,22H,18-19H2,1-5H3,(H,31,35). The fourth-order valence-corrected chi connectivity index (χ4v) is 5.58. The van der Waals surface area contributed by atoms with Crippen molar-refractivity contribution >= 4 is 43.5 Å². The summed E-state index contributed by atoms with van der Waals surface area (Å²) in [4.78, 5) is 28.3. The normalized spacial score (nSPS) is 12.1. The number of amides is 2. The van der Waals surface area contributed by atoms with E-state index in [-0.39, 0.29) is 29.1 Å². The summed E-state index contributed by atoms with van der Waals surface area (Å²) in [7, 11) is -2.66. The zero-order valence-electron chi connectivity index (χ0n) is 22.7. The number of methoxy groups -OCH3 is 1. The number of anilines is 1. The third-order valence-corrected chi connectivity index (χ3v) is 8.41. The molecule has 0 saturated carbocycles. The van der Waals surface area contributed by atoms with Crippen molar-refractivity contribution in [2.24, 2.45) is 0 Å². The predicted octanol–water partition coefficient (Wildman–Crippen LogP) is 4.90. The summed E-state index contributed by atoms with van der Waals surface area (Å²) in [6.45, 7) is 6.78. The minimum Gasteiger partial charge on any atom is -0.497 e. The largest absolute Gasteiger partial charge is 0.497 e. The first-order valence-electron chi connectivity index (χ1n) is 12.5. The van der Waals surface area contributed by atoms with E-state index in [0.717, 1.165) is 19.9 Å². The van der Waals surface area contributed by atoms with Gasteiger partial charge in [0.15, 0.2) is 0 Å². The molecule has 1 N–H and O–H groups in total. The maximum atomic E-state index is 13.9. The monoisotopic (exact) mass is 615 g/mol. The molecule has 1 atom stereocenters. The fourth-order valence-electron chi connectivity index (χ4n) is 3.91. The average Bonchev–Trinajstić information content (AvgIpc) is 2.90. The second-order valence-electron chi connectivity index (χ2n) is 9.51. The Bertz CT molecular complexity index is 1390. The van der Waals surface area contributed by atoms with Crippen LogP contribution < -0.4 is 14.4 Å². The van der Waals surface area contributed by atoms with Crippen molar-refractivity contribution < 1.29 is 22.7 Å². The molecule has 0 bridgehead atoms. The van der Waals surface area contributed by atoms with Gasteiger partial charge in [-0.1, -0.05) is 51.8 Å². The average molecular weight is 617 g/mol. The van der Waals surface area contributed by atoms with Crippen molar-refractivity contribution in [1.29, 1.82) is 0 Å². The molecule has 8 nitrogen and oxygen atoms in total. The molecule has 3 rings (SSSR count). The Kier molecular flexibility index (Phi) is 10.2. The number of hydrogen-bond acceptors (Lipinski definition) is 5. The SMILES string of the molecule is COc1cccc(N(CC(=O)N(Cc2ccc(Br)cc2)C(C)C(=O)NC(C)C)S(=O)(=O)c2ccc(C)cc2)c1. The molecule has 208 valence electrons. The van der Waals surface area contributed by atoms with Gasteiger partial charge in [-0.05, 0) is 69.7 Å². The second kappa shape index (κ2) is 13.1. The van der Waals surface area contributed by atoms with Gasteiger partial charge in [0, 0.05) is 23.1 Å². The predicted molar refractivity (Wildman–Crippen MR) is 156 cm³/mol. The first-order chi connectivity index (χ1) is 18.4. The van der Waals surface area contributed by atoms with Crippen LogP contribution in [0.25, 0.3) is 0 Å². The molecule has 10 heteroatoms. The maximum Gasteiger partial charge on any atom is 0.264 e. The number of carbonyl (C=O) groups is 2. The highest BCUT2D eigenvalue weighted by Crippen LogP contribution is 2.28. The highest BCUT2D eigenvalue weighted by atomic mass is 79.9. The van der Waals surface area contributed by atoms with E-state index in [0.29, 0.717) is 5.75 Å².